The van der Waals surface area contributed by atoms with Crippen LogP contribution in [0.25, 0.3) is 10.2 Å². The Morgan fingerprint density at radius 3 is 2.37 bits per heavy atom. The van der Waals surface area contributed by atoms with Crippen LogP contribution >= 0.6 is 23.1 Å². The third-order valence-corrected chi connectivity index (χ3v) is 7.65. The maximum absolute atomic E-state index is 13.4. The lowest BCUT2D eigenvalue weighted by molar-refractivity contribution is -0.130. The lowest BCUT2D eigenvalue weighted by atomic mass is 10.1. The number of fused-ring (bicyclic) bond motifs is 1. The number of amides is 1. The van der Waals surface area contributed by atoms with Gasteiger partial charge < -0.3 is 4.90 Å². The van der Waals surface area contributed by atoms with Gasteiger partial charge >= 0.3 is 0 Å². The van der Waals surface area contributed by atoms with Crippen molar-refractivity contribution in [3.05, 3.63) is 56.7 Å². The molecule has 0 spiro atoms. The van der Waals surface area contributed by atoms with Crippen molar-refractivity contribution in [2.75, 3.05) is 13.1 Å². The Morgan fingerprint density at radius 2 is 1.80 bits per heavy atom. The summed E-state index contributed by atoms with van der Waals surface area (Å²) in [7, 11) is 0. The molecule has 1 atom stereocenters. The van der Waals surface area contributed by atoms with Gasteiger partial charge in [0.2, 0.25) is 5.91 Å². The third-order valence-electron chi connectivity index (χ3n) is 5.34. The molecule has 0 bridgehead atoms. The van der Waals surface area contributed by atoms with Crippen LogP contribution in [0.15, 0.2) is 40.3 Å². The SMILES string of the molecule is CCN(CC)C(=O)[C@@H](Sc1nc2sc(C)c(C)c2c(=O)n1C(C)C)c1ccccc1. The highest BCUT2D eigenvalue weighted by atomic mass is 32.2. The van der Waals surface area contributed by atoms with E-state index in [-0.39, 0.29) is 17.5 Å². The fraction of sp³-hybridized carbons (Fsp3) is 0.435. The average molecular weight is 444 g/mol. The van der Waals surface area contributed by atoms with Crippen LogP contribution in [0.5, 0.6) is 0 Å². The number of rotatable bonds is 7. The van der Waals surface area contributed by atoms with E-state index < -0.39 is 5.25 Å². The quantitative estimate of drug-likeness (QED) is 0.364. The van der Waals surface area contributed by atoms with Gasteiger partial charge in [0.05, 0.1) is 5.39 Å². The topological polar surface area (TPSA) is 55.2 Å². The summed E-state index contributed by atoms with van der Waals surface area (Å²) < 4.78 is 1.73. The molecule has 0 fully saturated rings. The van der Waals surface area contributed by atoms with Gasteiger partial charge in [-0.1, -0.05) is 42.1 Å². The van der Waals surface area contributed by atoms with E-state index in [0.717, 1.165) is 20.8 Å². The molecule has 7 heteroatoms. The van der Waals surface area contributed by atoms with Crippen LogP contribution in [0.4, 0.5) is 0 Å². The van der Waals surface area contributed by atoms with Gasteiger partial charge in [0.1, 0.15) is 10.1 Å². The summed E-state index contributed by atoms with van der Waals surface area (Å²) in [6.07, 6.45) is 0. The largest absolute Gasteiger partial charge is 0.342 e. The predicted molar refractivity (Wildman–Crippen MR) is 127 cm³/mol. The minimum atomic E-state index is -0.456. The van der Waals surface area contributed by atoms with Crippen molar-refractivity contribution in [2.24, 2.45) is 0 Å². The fourth-order valence-electron chi connectivity index (χ4n) is 3.52. The zero-order valence-electron chi connectivity index (χ0n) is 18.4. The van der Waals surface area contributed by atoms with Crippen molar-refractivity contribution in [1.82, 2.24) is 14.5 Å². The number of aromatic nitrogens is 2. The third kappa shape index (κ3) is 4.18. The lowest BCUT2D eigenvalue weighted by Gasteiger charge is -2.26. The summed E-state index contributed by atoms with van der Waals surface area (Å²) in [5.74, 6) is 0.0411. The van der Waals surface area contributed by atoms with Crippen LogP contribution in [0, 0.1) is 13.8 Å². The molecule has 0 aliphatic heterocycles. The van der Waals surface area contributed by atoms with Crippen LogP contribution in [-0.4, -0.2) is 33.4 Å². The first-order valence-corrected chi connectivity index (χ1v) is 12.0. The second kappa shape index (κ2) is 9.35. The van der Waals surface area contributed by atoms with Crippen LogP contribution in [-0.2, 0) is 4.79 Å². The molecule has 1 amide bonds. The predicted octanol–water partition coefficient (Wildman–Crippen LogP) is 5.36. The highest BCUT2D eigenvalue weighted by Crippen LogP contribution is 2.38. The standard InChI is InChI=1S/C23H29N3O2S2/c1-7-25(8-2)22(28)19(17-12-10-9-11-13-17)30-23-24-20-18(15(5)16(6)29-20)21(27)26(23)14(3)4/h9-14,19H,7-8H2,1-6H3/t19-/m0/s1. The fourth-order valence-corrected chi connectivity index (χ4v) is 5.90. The monoisotopic (exact) mass is 443 g/mol. The first-order chi connectivity index (χ1) is 14.3. The smallest absolute Gasteiger partial charge is 0.263 e. The molecule has 2 heterocycles. The van der Waals surface area contributed by atoms with Crippen molar-refractivity contribution in [2.45, 2.75) is 58.0 Å². The van der Waals surface area contributed by atoms with E-state index >= 15 is 0 Å². The second-order valence-electron chi connectivity index (χ2n) is 7.55. The number of carbonyl (C=O) groups excluding carboxylic acids is 1. The van der Waals surface area contributed by atoms with Crippen molar-refractivity contribution in [3.8, 4) is 0 Å². The Bertz CT molecular complexity index is 1100. The Hall–Kier alpha value is -2.12. The molecular weight excluding hydrogens is 414 g/mol. The number of thioether (sulfide) groups is 1. The number of carbonyl (C=O) groups is 1. The number of nitrogens with zero attached hydrogens (tertiary/aromatic N) is 3. The molecule has 160 valence electrons. The number of benzene rings is 1. The van der Waals surface area contributed by atoms with Gasteiger partial charge in [-0.05, 0) is 52.7 Å². The van der Waals surface area contributed by atoms with E-state index in [4.69, 9.17) is 4.98 Å². The van der Waals surface area contributed by atoms with Crippen LogP contribution in [0.3, 0.4) is 0 Å². The molecule has 0 saturated heterocycles. The molecule has 0 aliphatic rings. The van der Waals surface area contributed by atoms with E-state index in [1.54, 1.807) is 15.9 Å². The molecule has 3 aromatic rings. The average Bonchev–Trinajstić information content (AvgIpc) is 3.01. The molecule has 0 aliphatic carbocycles. The summed E-state index contributed by atoms with van der Waals surface area (Å²) in [6.45, 7) is 13.2. The van der Waals surface area contributed by atoms with Gasteiger partial charge in [0.15, 0.2) is 5.16 Å². The van der Waals surface area contributed by atoms with E-state index in [0.29, 0.717) is 23.6 Å². The maximum Gasteiger partial charge on any atom is 0.263 e. The molecule has 5 nitrogen and oxygen atoms in total. The highest BCUT2D eigenvalue weighted by Gasteiger charge is 2.29. The Labute approximate surface area is 186 Å². The molecule has 3 rings (SSSR count). The van der Waals surface area contributed by atoms with E-state index in [2.05, 4.69) is 0 Å². The van der Waals surface area contributed by atoms with E-state index in [9.17, 15) is 9.59 Å². The summed E-state index contributed by atoms with van der Waals surface area (Å²) >= 11 is 2.92. The second-order valence-corrected chi connectivity index (χ2v) is 9.82. The van der Waals surface area contributed by atoms with Crippen LogP contribution < -0.4 is 5.56 Å². The first-order valence-electron chi connectivity index (χ1n) is 10.3. The number of thiophene rings is 1. The maximum atomic E-state index is 13.4. The van der Waals surface area contributed by atoms with Crippen molar-refractivity contribution >= 4 is 39.2 Å². The minimum Gasteiger partial charge on any atom is -0.342 e. The van der Waals surface area contributed by atoms with Crippen molar-refractivity contribution < 1.29 is 4.79 Å². The summed E-state index contributed by atoms with van der Waals surface area (Å²) in [4.78, 5) is 35.3. The minimum absolute atomic E-state index is 0.0264. The van der Waals surface area contributed by atoms with E-state index in [1.807, 2.05) is 76.8 Å². The van der Waals surface area contributed by atoms with Gasteiger partial charge in [-0.3, -0.25) is 14.2 Å². The zero-order chi connectivity index (χ0) is 22.0. The highest BCUT2D eigenvalue weighted by molar-refractivity contribution is 8.00. The number of hydrogen-bond acceptors (Lipinski definition) is 5. The van der Waals surface area contributed by atoms with Gasteiger partial charge in [0, 0.05) is 24.0 Å². The van der Waals surface area contributed by atoms with Crippen molar-refractivity contribution in [3.63, 3.8) is 0 Å². The number of likely N-dealkylation sites (N-methyl/N-ethyl adjacent to an activating group) is 1. The van der Waals surface area contributed by atoms with Gasteiger partial charge in [-0.25, -0.2) is 4.98 Å². The molecule has 0 N–H and O–H groups in total. The molecule has 30 heavy (non-hydrogen) atoms. The zero-order valence-corrected chi connectivity index (χ0v) is 20.1. The normalized spacial score (nSPS) is 12.5. The Kier molecular flexibility index (Phi) is 7.03. The molecule has 2 aromatic heterocycles. The van der Waals surface area contributed by atoms with Gasteiger partial charge in [0.25, 0.3) is 5.56 Å². The molecular formula is C23H29N3O2S2. The number of aryl methyl sites for hydroxylation is 2. The van der Waals surface area contributed by atoms with Gasteiger partial charge in [-0.15, -0.1) is 11.3 Å². The summed E-state index contributed by atoms with van der Waals surface area (Å²) in [5.41, 5.74) is 1.89. The Morgan fingerprint density at radius 1 is 1.17 bits per heavy atom. The first kappa shape index (κ1) is 22.6. The number of hydrogen-bond donors (Lipinski definition) is 0. The molecule has 1 aromatic carbocycles. The molecule has 0 saturated carbocycles. The van der Waals surface area contributed by atoms with Gasteiger partial charge in [-0.2, -0.15) is 0 Å². The van der Waals surface area contributed by atoms with Crippen molar-refractivity contribution in [1.29, 1.82) is 0 Å². The summed E-state index contributed by atoms with van der Waals surface area (Å²) in [6, 6.07) is 9.70. The van der Waals surface area contributed by atoms with Crippen LogP contribution in [0.2, 0.25) is 0 Å². The van der Waals surface area contributed by atoms with Crippen LogP contribution in [0.1, 0.15) is 55.0 Å². The summed E-state index contributed by atoms with van der Waals surface area (Å²) in [5, 5.41) is 0.836. The molecule has 0 radical (unpaired) electrons. The van der Waals surface area contributed by atoms with E-state index in [1.165, 1.54) is 11.8 Å². The lowest BCUT2D eigenvalue weighted by Crippen LogP contribution is -2.34. The Balaban J connectivity index is 2.18. The molecule has 0 unspecified atom stereocenters.